The van der Waals surface area contributed by atoms with Crippen molar-refractivity contribution in [2.45, 2.75) is 20.4 Å². The lowest BCUT2D eigenvalue weighted by atomic mass is 10.2. The number of nitrogens with zero attached hydrogens (tertiary/aromatic N) is 2. The summed E-state index contributed by atoms with van der Waals surface area (Å²) in [5.41, 5.74) is 1.82. The molecule has 2 aromatic rings. The highest BCUT2D eigenvalue weighted by atomic mass is 35.5. The molecule has 2 N–H and O–H groups in total. The number of aromatic nitrogens is 3. The average Bonchev–Trinajstić information content (AvgIpc) is 2.62. The summed E-state index contributed by atoms with van der Waals surface area (Å²) in [6.45, 7) is 4.16. The Morgan fingerprint density at radius 3 is 2.94 bits per heavy atom. The molecule has 0 fully saturated rings. The number of rotatable bonds is 3. The number of aryl methyl sites for hydroxylation is 2. The van der Waals surface area contributed by atoms with E-state index in [0.717, 1.165) is 17.0 Å². The molecular weight excluding hydrogens is 244 g/mol. The van der Waals surface area contributed by atoms with E-state index in [1.54, 1.807) is 0 Å². The van der Waals surface area contributed by atoms with Gasteiger partial charge in [-0.3, -0.25) is 4.79 Å². The quantitative estimate of drug-likeness (QED) is 0.870. The highest BCUT2D eigenvalue weighted by Crippen LogP contribution is 2.18. The number of hydrogen-bond donors (Lipinski definition) is 2. The summed E-state index contributed by atoms with van der Waals surface area (Å²) in [5, 5.41) is 12.9. The lowest BCUT2D eigenvalue weighted by molar-refractivity contribution is 0.392. The predicted octanol–water partition coefficient (Wildman–Crippen LogP) is 1.64. The minimum atomic E-state index is -0.421. The van der Waals surface area contributed by atoms with E-state index in [4.69, 9.17) is 16.1 Å². The van der Waals surface area contributed by atoms with Gasteiger partial charge in [0.2, 0.25) is 0 Å². The summed E-state index contributed by atoms with van der Waals surface area (Å²) < 4.78 is 5.03. The highest BCUT2D eigenvalue weighted by Gasteiger charge is 2.10. The summed E-state index contributed by atoms with van der Waals surface area (Å²) in [6, 6.07) is 0. The van der Waals surface area contributed by atoms with Crippen molar-refractivity contribution in [1.82, 2.24) is 15.4 Å². The van der Waals surface area contributed by atoms with Crippen molar-refractivity contribution in [3.63, 3.8) is 0 Å². The summed E-state index contributed by atoms with van der Waals surface area (Å²) in [6.07, 6.45) is 1.46. The molecule has 0 aliphatic carbocycles. The fourth-order valence-corrected chi connectivity index (χ4v) is 1.60. The Kier molecular flexibility index (Phi) is 3.14. The van der Waals surface area contributed by atoms with Crippen LogP contribution in [0.25, 0.3) is 0 Å². The van der Waals surface area contributed by atoms with Gasteiger partial charge in [-0.1, -0.05) is 16.8 Å². The number of nitrogens with one attached hydrogen (secondary N) is 2. The molecule has 90 valence electrons. The van der Waals surface area contributed by atoms with Gasteiger partial charge in [0.05, 0.1) is 17.6 Å². The molecule has 0 amide bonds. The molecule has 7 heteroatoms. The SMILES string of the molecule is Cc1noc(C)c1CNc1cn[nH]c(=O)c1Cl. The van der Waals surface area contributed by atoms with E-state index < -0.39 is 5.56 Å². The van der Waals surface area contributed by atoms with Gasteiger partial charge in [-0.25, -0.2) is 5.10 Å². The predicted molar refractivity (Wildman–Crippen MR) is 63.2 cm³/mol. The van der Waals surface area contributed by atoms with Crippen LogP contribution in [0.4, 0.5) is 5.69 Å². The number of halogens is 1. The van der Waals surface area contributed by atoms with Crippen LogP contribution in [0, 0.1) is 13.8 Å². The van der Waals surface area contributed by atoms with Crippen molar-refractivity contribution >= 4 is 17.3 Å². The molecule has 0 saturated carbocycles. The average molecular weight is 255 g/mol. The second-order valence-electron chi connectivity index (χ2n) is 3.58. The van der Waals surface area contributed by atoms with Crippen LogP contribution in [0.5, 0.6) is 0 Å². The molecule has 0 aliphatic rings. The summed E-state index contributed by atoms with van der Waals surface area (Å²) in [4.78, 5) is 11.2. The number of hydrogen-bond acceptors (Lipinski definition) is 5. The third kappa shape index (κ3) is 2.31. The number of aromatic amines is 1. The zero-order valence-corrected chi connectivity index (χ0v) is 10.1. The lowest BCUT2D eigenvalue weighted by Crippen LogP contribution is -2.12. The maximum absolute atomic E-state index is 11.2. The van der Waals surface area contributed by atoms with Gasteiger partial charge in [-0.2, -0.15) is 5.10 Å². The van der Waals surface area contributed by atoms with Crippen LogP contribution < -0.4 is 10.9 Å². The third-order valence-electron chi connectivity index (χ3n) is 2.43. The van der Waals surface area contributed by atoms with Crippen LogP contribution in [0.3, 0.4) is 0 Å². The van der Waals surface area contributed by atoms with Gasteiger partial charge in [0.1, 0.15) is 10.8 Å². The van der Waals surface area contributed by atoms with Gasteiger partial charge >= 0.3 is 0 Å². The van der Waals surface area contributed by atoms with E-state index in [9.17, 15) is 4.79 Å². The number of anilines is 1. The molecule has 17 heavy (non-hydrogen) atoms. The largest absolute Gasteiger partial charge is 0.378 e. The van der Waals surface area contributed by atoms with Crippen molar-refractivity contribution in [1.29, 1.82) is 0 Å². The molecular formula is C10H11ClN4O2. The van der Waals surface area contributed by atoms with Crippen LogP contribution in [-0.2, 0) is 6.54 Å². The lowest BCUT2D eigenvalue weighted by Gasteiger charge is -2.06. The number of H-pyrrole nitrogens is 1. The monoisotopic (exact) mass is 254 g/mol. The molecule has 0 bridgehead atoms. The molecule has 2 heterocycles. The molecule has 0 atom stereocenters. The fraction of sp³-hybridized carbons (Fsp3) is 0.300. The van der Waals surface area contributed by atoms with E-state index >= 15 is 0 Å². The topological polar surface area (TPSA) is 83.8 Å². The molecule has 2 aromatic heterocycles. The normalized spacial score (nSPS) is 10.5. The first-order valence-electron chi connectivity index (χ1n) is 4.98. The van der Waals surface area contributed by atoms with Crippen molar-refractivity contribution < 1.29 is 4.52 Å². The van der Waals surface area contributed by atoms with Crippen LogP contribution in [0.15, 0.2) is 15.5 Å². The van der Waals surface area contributed by atoms with Crippen LogP contribution in [-0.4, -0.2) is 15.4 Å². The first-order valence-corrected chi connectivity index (χ1v) is 5.36. The van der Waals surface area contributed by atoms with Gasteiger partial charge in [0.25, 0.3) is 5.56 Å². The van der Waals surface area contributed by atoms with E-state index in [-0.39, 0.29) is 5.02 Å². The summed E-state index contributed by atoms with van der Waals surface area (Å²) in [7, 11) is 0. The molecule has 2 rings (SSSR count). The fourth-order valence-electron chi connectivity index (χ4n) is 1.44. The van der Waals surface area contributed by atoms with Crippen molar-refractivity contribution in [2.24, 2.45) is 0 Å². The first kappa shape index (κ1) is 11.7. The van der Waals surface area contributed by atoms with Gasteiger partial charge < -0.3 is 9.84 Å². The minimum absolute atomic E-state index is 0.0896. The zero-order chi connectivity index (χ0) is 12.4. The third-order valence-corrected chi connectivity index (χ3v) is 2.81. The van der Waals surface area contributed by atoms with E-state index in [1.165, 1.54) is 6.20 Å². The Morgan fingerprint density at radius 2 is 2.29 bits per heavy atom. The molecule has 0 aliphatic heterocycles. The molecule has 0 aromatic carbocycles. The van der Waals surface area contributed by atoms with E-state index in [0.29, 0.717) is 12.2 Å². The maximum Gasteiger partial charge on any atom is 0.285 e. The van der Waals surface area contributed by atoms with Crippen molar-refractivity contribution in [2.75, 3.05) is 5.32 Å². The standard InChI is InChI=1S/C10H11ClN4O2/c1-5-7(6(2)17-15-5)3-12-8-4-13-14-10(16)9(8)11/h4H,3H2,1-2H3,(H2,12,14,16). The molecule has 6 nitrogen and oxygen atoms in total. The van der Waals surface area contributed by atoms with Gasteiger partial charge in [-0.05, 0) is 13.8 Å². The molecule has 0 saturated heterocycles. The van der Waals surface area contributed by atoms with Gasteiger partial charge in [0, 0.05) is 12.1 Å². The second-order valence-corrected chi connectivity index (χ2v) is 3.96. The Bertz CT molecular complexity index is 571. The van der Waals surface area contributed by atoms with Crippen molar-refractivity contribution in [3.8, 4) is 0 Å². The van der Waals surface area contributed by atoms with Gasteiger partial charge in [0.15, 0.2) is 0 Å². The Balaban J connectivity index is 2.18. The van der Waals surface area contributed by atoms with Crippen LogP contribution >= 0.6 is 11.6 Å². The van der Waals surface area contributed by atoms with E-state index in [2.05, 4.69) is 20.7 Å². The van der Waals surface area contributed by atoms with E-state index in [1.807, 2.05) is 13.8 Å². The second kappa shape index (κ2) is 4.58. The summed E-state index contributed by atoms with van der Waals surface area (Å²) in [5.74, 6) is 0.740. The molecule has 0 unspecified atom stereocenters. The first-order chi connectivity index (χ1) is 8.09. The Hall–Kier alpha value is -1.82. The van der Waals surface area contributed by atoms with Crippen LogP contribution in [0.1, 0.15) is 17.0 Å². The Morgan fingerprint density at radius 1 is 1.53 bits per heavy atom. The Labute approximate surface area is 102 Å². The summed E-state index contributed by atoms with van der Waals surface area (Å²) >= 11 is 5.83. The molecule has 0 spiro atoms. The maximum atomic E-state index is 11.2. The molecule has 0 radical (unpaired) electrons. The zero-order valence-electron chi connectivity index (χ0n) is 9.37. The highest BCUT2D eigenvalue weighted by molar-refractivity contribution is 6.32. The van der Waals surface area contributed by atoms with Crippen LogP contribution in [0.2, 0.25) is 5.02 Å². The van der Waals surface area contributed by atoms with Gasteiger partial charge in [-0.15, -0.1) is 0 Å². The smallest absolute Gasteiger partial charge is 0.285 e. The minimum Gasteiger partial charge on any atom is -0.378 e. The van der Waals surface area contributed by atoms with Crippen molar-refractivity contribution in [3.05, 3.63) is 38.6 Å².